The van der Waals surface area contributed by atoms with Gasteiger partial charge in [0.15, 0.2) is 11.6 Å². The number of halogens is 5. The summed E-state index contributed by atoms with van der Waals surface area (Å²) in [5.74, 6) is -5.73. The summed E-state index contributed by atoms with van der Waals surface area (Å²) in [7, 11) is 1.45. The van der Waals surface area contributed by atoms with E-state index in [1.54, 1.807) is 0 Å². The molecule has 1 unspecified atom stereocenters. The monoisotopic (exact) mass is 258 g/mol. The van der Waals surface area contributed by atoms with E-state index in [9.17, 15) is 26.7 Å². The third-order valence-electron chi connectivity index (χ3n) is 1.77. The second-order valence-electron chi connectivity index (χ2n) is 2.81. The molecule has 1 aromatic carbocycles. The zero-order chi connectivity index (χ0) is 12.7. The maximum Gasteiger partial charge on any atom is 0.419 e. The molecule has 1 aromatic rings. The third kappa shape index (κ3) is 2.14. The SMILES string of the molecule is O=C(O)c1cc(F)c(F)c(C(F)(F)F)c1P. The van der Waals surface area contributed by atoms with Crippen molar-refractivity contribution in [2.75, 3.05) is 0 Å². The number of aromatic carboxylic acids is 1. The van der Waals surface area contributed by atoms with Crippen LogP contribution in [0.3, 0.4) is 0 Å². The van der Waals surface area contributed by atoms with Gasteiger partial charge < -0.3 is 5.11 Å². The minimum absolute atomic E-state index is 0.204. The van der Waals surface area contributed by atoms with Crippen LogP contribution in [0, 0.1) is 11.6 Å². The van der Waals surface area contributed by atoms with Crippen molar-refractivity contribution in [2.24, 2.45) is 0 Å². The van der Waals surface area contributed by atoms with E-state index in [0.29, 0.717) is 0 Å². The van der Waals surface area contributed by atoms with Crippen molar-refractivity contribution in [3.63, 3.8) is 0 Å². The lowest BCUT2D eigenvalue weighted by molar-refractivity contribution is -0.139. The topological polar surface area (TPSA) is 37.3 Å². The zero-order valence-corrected chi connectivity index (χ0v) is 8.55. The van der Waals surface area contributed by atoms with Crippen LogP contribution in [-0.2, 0) is 6.18 Å². The molecule has 0 aliphatic heterocycles. The molecule has 0 aliphatic carbocycles. The molecule has 0 radical (unpaired) electrons. The van der Waals surface area contributed by atoms with Crippen LogP contribution in [0.15, 0.2) is 6.07 Å². The molecule has 0 saturated carbocycles. The highest BCUT2D eigenvalue weighted by atomic mass is 31.0. The highest BCUT2D eigenvalue weighted by molar-refractivity contribution is 7.28. The van der Waals surface area contributed by atoms with Crippen molar-refractivity contribution in [3.05, 3.63) is 28.8 Å². The molecule has 0 bridgehead atoms. The Hall–Kier alpha value is -1.23. The van der Waals surface area contributed by atoms with Crippen molar-refractivity contribution in [2.45, 2.75) is 6.18 Å². The standard InChI is InChI=1S/C8H4F5O2P/c9-3-1-2(7(14)15)6(16)4(5(3)10)8(11,12)13/h1H,16H2,(H,14,15). The van der Waals surface area contributed by atoms with E-state index in [-0.39, 0.29) is 6.07 Å². The van der Waals surface area contributed by atoms with E-state index in [0.717, 1.165) is 0 Å². The third-order valence-corrected chi connectivity index (χ3v) is 2.37. The Balaban J connectivity index is 3.66. The van der Waals surface area contributed by atoms with Gasteiger partial charge in [0, 0.05) is 0 Å². The molecule has 0 aromatic heterocycles. The number of carboxylic acid groups (broad SMARTS) is 1. The van der Waals surface area contributed by atoms with Gasteiger partial charge in [0.1, 0.15) is 5.56 Å². The molecule has 2 nitrogen and oxygen atoms in total. The number of rotatable bonds is 1. The first-order chi connectivity index (χ1) is 7.16. The molecule has 1 N–H and O–H groups in total. The minimum Gasteiger partial charge on any atom is -0.478 e. The second-order valence-corrected chi connectivity index (χ2v) is 3.39. The van der Waals surface area contributed by atoms with Gasteiger partial charge in [-0.1, -0.05) is 0 Å². The van der Waals surface area contributed by atoms with Crippen LogP contribution in [0.5, 0.6) is 0 Å². The van der Waals surface area contributed by atoms with Gasteiger partial charge >= 0.3 is 12.1 Å². The Labute approximate surface area is 88.3 Å². The number of carbonyl (C=O) groups is 1. The van der Waals surface area contributed by atoms with Gasteiger partial charge in [-0.25, -0.2) is 13.6 Å². The van der Waals surface area contributed by atoms with Gasteiger partial charge in [0.2, 0.25) is 0 Å². The predicted octanol–water partition coefficient (Wildman–Crippen LogP) is 2.18. The summed E-state index contributed by atoms with van der Waals surface area (Å²) in [6, 6.07) is 0.204. The van der Waals surface area contributed by atoms with Gasteiger partial charge in [0.05, 0.1) is 5.56 Å². The number of carboxylic acids is 1. The van der Waals surface area contributed by atoms with Gasteiger partial charge in [-0.15, -0.1) is 9.24 Å². The van der Waals surface area contributed by atoms with Crippen LogP contribution in [0.2, 0.25) is 0 Å². The maximum atomic E-state index is 12.9. The predicted molar refractivity (Wildman–Crippen MR) is 47.7 cm³/mol. The summed E-state index contributed by atoms with van der Waals surface area (Å²) in [5.41, 5.74) is -2.87. The number of hydrogen-bond acceptors (Lipinski definition) is 1. The quantitative estimate of drug-likeness (QED) is 0.619. The van der Waals surface area contributed by atoms with E-state index >= 15 is 0 Å². The highest BCUT2D eigenvalue weighted by Gasteiger charge is 2.39. The Bertz CT molecular complexity index is 455. The molecule has 0 heterocycles. The van der Waals surface area contributed by atoms with E-state index in [1.807, 2.05) is 0 Å². The first-order valence-electron chi connectivity index (χ1n) is 3.74. The Kier molecular flexibility index (Phi) is 3.19. The minimum atomic E-state index is -5.16. The van der Waals surface area contributed by atoms with Crippen molar-refractivity contribution in [1.29, 1.82) is 0 Å². The van der Waals surface area contributed by atoms with E-state index in [1.165, 1.54) is 9.24 Å². The smallest absolute Gasteiger partial charge is 0.419 e. The van der Waals surface area contributed by atoms with Crippen molar-refractivity contribution < 1.29 is 31.9 Å². The maximum absolute atomic E-state index is 12.9. The fourth-order valence-corrected chi connectivity index (χ4v) is 1.59. The second kappa shape index (κ2) is 3.97. The first-order valence-corrected chi connectivity index (χ1v) is 4.32. The van der Waals surface area contributed by atoms with E-state index in [2.05, 4.69) is 0 Å². The molecule has 0 spiro atoms. The molecule has 88 valence electrons. The lowest BCUT2D eigenvalue weighted by Crippen LogP contribution is -2.24. The molecule has 1 atom stereocenters. The average molecular weight is 258 g/mol. The molecule has 1 rings (SSSR count). The summed E-state index contributed by atoms with van der Waals surface area (Å²) in [6.07, 6.45) is -5.16. The summed E-state index contributed by atoms with van der Waals surface area (Å²) in [6.45, 7) is 0. The largest absolute Gasteiger partial charge is 0.478 e. The van der Waals surface area contributed by atoms with E-state index in [4.69, 9.17) is 5.11 Å². The van der Waals surface area contributed by atoms with Gasteiger partial charge in [0.25, 0.3) is 0 Å². The van der Waals surface area contributed by atoms with Gasteiger partial charge in [-0.05, 0) is 11.4 Å². The zero-order valence-electron chi connectivity index (χ0n) is 7.40. The van der Waals surface area contributed by atoms with Crippen molar-refractivity contribution in [3.8, 4) is 0 Å². The lowest BCUT2D eigenvalue weighted by Gasteiger charge is -2.13. The average Bonchev–Trinajstić information content (AvgIpc) is 2.08. The Morgan fingerprint density at radius 3 is 2.19 bits per heavy atom. The fourth-order valence-electron chi connectivity index (χ4n) is 1.09. The normalized spacial score (nSPS) is 11.6. The number of alkyl halides is 3. The molecular formula is C8H4F5O2P. The van der Waals surface area contributed by atoms with Crippen molar-refractivity contribution >= 4 is 20.5 Å². The van der Waals surface area contributed by atoms with Gasteiger partial charge in [-0.3, -0.25) is 0 Å². The molecule has 0 aliphatic rings. The summed E-state index contributed by atoms with van der Waals surface area (Å²) in [5, 5.41) is 7.57. The number of benzene rings is 1. The van der Waals surface area contributed by atoms with Gasteiger partial charge in [-0.2, -0.15) is 13.2 Å². The molecule has 0 saturated heterocycles. The summed E-state index contributed by atoms with van der Waals surface area (Å²) in [4.78, 5) is 10.5. The number of hydrogen-bond donors (Lipinski definition) is 1. The molecule has 16 heavy (non-hydrogen) atoms. The van der Waals surface area contributed by atoms with Crippen LogP contribution >= 0.6 is 9.24 Å². The summed E-state index contributed by atoms with van der Waals surface area (Å²) < 4.78 is 62.6. The van der Waals surface area contributed by atoms with Crippen molar-refractivity contribution in [1.82, 2.24) is 0 Å². The summed E-state index contributed by atoms with van der Waals surface area (Å²) >= 11 is 0. The van der Waals surface area contributed by atoms with Crippen LogP contribution in [0.1, 0.15) is 15.9 Å². The van der Waals surface area contributed by atoms with Crippen LogP contribution in [0.25, 0.3) is 0 Å². The Morgan fingerprint density at radius 2 is 1.81 bits per heavy atom. The molecule has 8 heteroatoms. The lowest BCUT2D eigenvalue weighted by atomic mass is 10.1. The molecular weight excluding hydrogens is 254 g/mol. The molecule has 0 amide bonds. The first kappa shape index (κ1) is 12.8. The van der Waals surface area contributed by atoms with Crippen LogP contribution in [-0.4, -0.2) is 11.1 Å². The Morgan fingerprint density at radius 1 is 1.31 bits per heavy atom. The highest BCUT2D eigenvalue weighted by Crippen LogP contribution is 2.32. The van der Waals surface area contributed by atoms with Crippen LogP contribution in [0.4, 0.5) is 22.0 Å². The fraction of sp³-hybridized carbons (Fsp3) is 0.125. The molecule has 0 fully saturated rings. The van der Waals surface area contributed by atoms with Crippen LogP contribution < -0.4 is 5.30 Å². The van der Waals surface area contributed by atoms with E-state index < -0.39 is 40.2 Å².